The smallest absolute Gasteiger partial charge is 0.340 e. The van der Waals surface area contributed by atoms with Gasteiger partial charge in [0.1, 0.15) is 5.82 Å². The first-order chi connectivity index (χ1) is 11.5. The summed E-state index contributed by atoms with van der Waals surface area (Å²) in [5.74, 6) is 0.409. The summed E-state index contributed by atoms with van der Waals surface area (Å²) in [4.78, 5) is 28.6. The second-order valence-corrected chi connectivity index (χ2v) is 6.08. The Morgan fingerprint density at radius 3 is 2.88 bits per heavy atom. The van der Waals surface area contributed by atoms with Crippen molar-refractivity contribution >= 4 is 28.4 Å². The highest BCUT2D eigenvalue weighted by atomic mass is 35.5. The van der Waals surface area contributed by atoms with Crippen LogP contribution in [0.5, 0.6) is 0 Å². The number of carbonyl (C=O) groups excluding carboxylic acids is 1. The first kappa shape index (κ1) is 16.3. The van der Waals surface area contributed by atoms with Crippen molar-refractivity contribution in [3.8, 4) is 0 Å². The van der Waals surface area contributed by atoms with Crippen molar-refractivity contribution in [1.29, 1.82) is 0 Å². The summed E-state index contributed by atoms with van der Waals surface area (Å²) >= 11 is 6.07. The Labute approximate surface area is 142 Å². The molecule has 0 fully saturated rings. The first-order valence-corrected chi connectivity index (χ1v) is 8.07. The number of H-pyrrole nitrogens is 3. The molecular weight excluding hydrogens is 330 g/mol. The van der Waals surface area contributed by atoms with Crippen LogP contribution in [-0.2, 0) is 17.6 Å². The fourth-order valence-electron chi connectivity index (χ4n) is 2.75. The molecule has 0 aliphatic rings. The van der Waals surface area contributed by atoms with Gasteiger partial charge in [-0.3, -0.25) is 9.78 Å². The molecule has 1 amide bonds. The second-order valence-electron chi connectivity index (χ2n) is 5.64. The summed E-state index contributed by atoms with van der Waals surface area (Å²) in [6.45, 7) is 2.55. The third kappa shape index (κ3) is 3.68. The number of amides is 1. The lowest BCUT2D eigenvalue weighted by molar-refractivity contribution is -0.121. The van der Waals surface area contributed by atoms with Crippen molar-refractivity contribution in [2.24, 2.45) is 0 Å². The van der Waals surface area contributed by atoms with E-state index in [1.54, 1.807) is 0 Å². The van der Waals surface area contributed by atoms with E-state index in [-0.39, 0.29) is 18.0 Å². The van der Waals surface area contributed by atoms with Gasteiger partial charge in [-0.15, -0.1) is 0 Å². The van der Waals surface area contributed by atoms with Gasteiger partial charge in [-0.1, -0.05) is 11.6 Å². The Balaban J connectivity index is 1.54. The van der Waals surface area contributed by atoms with Crippen LogP contribution in [-0.4, -0.2) is 32.6 Å². The molecule has 0 saturated heterocycles. The molecule has 0 radical (unpaired) electrons. The number of halogens is 1. The van der Waals surface area contributed by atoms with Crippen molar-refractivity contribution in [1.82, 2.24) is 25.5 Å². The number of aromatic amines is 3. The number of hydrogen-bond acceptors (Lipinski definition) is 3. The maximum atomic E-state index is 11.9. The topological polar surface area (TPSA) is 106 Å². The van der Waals surface area contributed by atoms with Crippen LogP contribution >= 0.6 is 11.6 Å². The van der Waals surface area contributed by atoms with Gasteiger partial charge < -0.3 is 10.3 Å². The van der Waals surface area contributed by atoms with Crippen molar-refractivity contribution in [3.05, 3.63) is 50.8 Å². The summed E-state index contributed by atoms with van der Waals surface area (Å²) in [5, 5.41) is 10.7. The molecule has 24 heavy (non-hydrogen) atoms. The molecule has 126 valence electrons. The minimum absolute atomic E-state index is 0.0747. The van der Waals surface area contributed by atoms with E-state index in [4.69, 9.17) is 11.6 Å². The molecule has 1 aromatic carbocycles. The van der Waals surface area contributed by atoms with Crippen LogP contribution in [0.25, 0.3) is 10.9 Å². The van der Waals surface area contributed by atoms with E-state index in [2.05, 4.69) is 25.5 Å². The number of rotatable bonds is 6. The Kier molecular flexibility index (Phi) is 4.71. The lowest BCUT2D eigenvalue weighted by Crippen LogP contribution is -2.26. The number of hydrogen-bond donors (Lipinski definition) is 4. The molecule has 0 atom stereocenters. The quantitative estimate of drug-likeness (QED) is 0.546. The summed E-state index contributed by atoms with van der Waals surface area (Å²) < 4.78 is 0. The van der Waals surface area contributed by atoms with Gasteiger partial charge in [0.25, 0.3) is 0 Å². The molecule has 0 bridgehead atoms. The molecule has 2 heterocycles. The van der Waals surface area contributed by atoms with Gasteiger partial charge in [-0.25, -0.2) is 9.89 Å². The Morgan fingerprint density at radius 2 is 2.12 bits per heavy atom. The Bertz CT molecular complexity index is 924. The van der Waals surface area contributed by atoms with E-state index in [9.17, 15) is 9.59 Å². The van der Waals surface area contributed by atoms with Crippen LogP contribution < -0.4 is 11.0 Å². The number of nitrogens with zero attached hydrogens (tertiary/aromatic N) is 1. The van der Waals surface area contributed by atoms with E-state index in [1.165, 1.54) is 0 Å². The SMILES string of the molecule is Cc1[nH]c2ccc(Cl)cc2c1CCNC(=O)CCc1n[nH]c(=O)[nH]1. The normalized spacial score (nSPS) is 11.1. The second kappa shape index (κ2) is 6.92. The highest BCUT2D eigenvalue weighted by Crippen LogP contribution is 2.25. The number of carbonyl (C=O) groups is 1. The molecular formula is C16H18ClN5O2. The van der Waals surface area contributed by atoms with Crippen LogP contribution in [0.2, 0.25) is 5.02 Å². The molecule has 3 aromatic rings. The van der Waals surface area contributed by atoms with Gasteiger partial charge in [0.05, 0.1) is 0 Å². The minimum Gasteiger partial charge on any atom is -0.358 e. The van der Waals surface area contributed by atoms with Crippen molar-refractivity contribution in [3.63, 3.8) is 0 Å². The third-order valence-corrected chi connectivity index (χ3v) is 4.15. The fraction of sp³-hybridized carbons (Fsp3) is 0.312. The zero-order valence-corrected chi connectivity index (χ0v) is 14.0. The predicted octanol–water partition coefficient (Wildman–Crippen LogP) is 1.83. The molecule has 0 aliphatic carbocycles. The largest absolute Gasteiger partial charge is 0.358 e. The molecule has 0 aliphatic heterocycles. The van der Waals surface area contributed by atoms with E-state index in [0.29, 0.717) is 23.8 Å². The maximum absolute atomic E-state index is 11.9. The molecule has 0 saturated carbocycles. The summed E-state index contributed by atoms with van der Waals surface area (Å²) in [6.07, 6.45) is 1.39. The molecule has 8 heteroatoms. The molecule has 3 rings (SSSR count). The average molecular weight is 348 g/mol. The molecule has 2 aromatic heterocycles. The molecule has 4 N–H and O–H groups in total. The highest BCUT2D eigenvalue weighted by Gasteiger charge is 2.10. The van der Waals surface area contributed by atoms with Crippen molar-refractivity contribution in [2.75, 3.05) is 6.54 Å². The first-order valence-electron chi connectivity index (χ1n) is 7.70. The Hall–Kier alpha value is -2.54. The standard InChI is InChI=1S/C16H18ClN5O2/c1-9-11(12-8-10(17)2-3-13(12)19-9)6-7-18-15(23)5-4-14-20-16(24)22-21-14/h2-3,8,19H,4-7H2,1H3,(H,18,23)(H2,20,21,22,24). The zero-order chi connectivity index (χ0) is 17.1. The van der Waals surface area contributed by atoms with E-state index < -0.39 is 0 Å². The number of aryl methyl sites for hydroxylation is 2. The van der Waals surface area contributed by atoms with E-state index >= 15 is 0 Å². The molecule has 0 unspecified atom stereocenters. The molecule has 7 nitrogen and oxygen atoms in total. The van der Waals surface area contributed by atoms with Crippen LogP contribution in [0, 0.1) is 6.92 Å². The van der Waals surface area contributed by atoms with Crippen molar-refractivity contribution < 1.29 is 4.79 Å². The monoisotopic (exact) mass is 347 g/mol. The summed E-state index contributed by atoms with van der Waals surface area (Å²) in [7, 11) is 0. The van der Waals surface area contributed by atoms with Crippen LogP contribution in [0.1, 0.15) is 23.5 Å². The Morgan fingerprint density at radius 1 is 1.29 bits per heavy atom. The lowest BCUT2D eigenvalue weighted by Gasteiger charge is -2.05. The van der Waals surface area contributed by atoms with Gasteiger partial charge in [0, 0.05) is 41.0 Å². The fourth-order valence-corrected chi connectivity index (χ4v) is 2.92. The molecule has 0 spiro atoms. The van der Waals surface area contributed by atoms with Crippen LogP contribution in [0.4, 0.5) is 0 Å². The summed E-state index contributed by atoms with van der Waals surface area (Å²) in [5.41, 5.74) is 2.92. The van der Waals surface area contributed by atoms with Gasteiger partial charge in [-0.05, 0) is 37.1 Å². The maximum Gasteiger partial charge on any atom is 0.340 e. The van der Waals surface area contributed by atoms with Crippen LogP contribution in [0.3, 0.4) is 0 Å². The highest BCUT2D eigenvalue weighted by molar-refractivity contribution is 6.31. The summed E-state index contributed by atoms with van der Waals surface area (Å²) in [6, 6.07) is 5.74. The zero-order valence-electron chi connectivity index (χ0n) is 13.2. The third-order valence-electron chi connectivity index (χ3n) is 3.92. The van der Waals surface area contributed by atoms with Crippen LogP contribution in [0.15, 0.2) is 23.0 Å². The van der Waals surface area contributed by atoms with Gasteiger partial charge in [0.15, 0.2) is 0 Å². The number of nitrogens with one attached hydrogen (secondary N) is 4. The van der Waals surface area contributed by atoms with Gasteiger partial charge >= 0.3 is 5.69 Å². The van der Waals surface area contributed by atoms with E-state index in [1.807, 2.05) is 25.1 Å². The van der Waals surface area contributed by atoms with Gasteiger partial charge in [-0.2, -0.15) is 5.10 Å². The van der Waals surface area contributed by atoms with Gasteiger partial charge in [0.2, 0.25) is 5.91 Å². The van der Waals surface area contributed by atoms with Crippen molar-refractivity contribution in [2.45, 2.75) is 26.2 Å². The van der Waals surface area contributed by atoms with E-state index in [0.717, 1.165) is 28.6 Å². The number of fused-ring (bicyclic) bond motifs is 1. The predicted molar refractivity (Wildman–Crippen MR) is 92.3 cm³/mol. The average Bonchev–Trinajstić information content (AvgIpc) is 3.09. The number of aromatic nitrogens is 4. The lowest BCUT2D eigenvalue weighted by atomic mass is 10.1. The minimum atomic E-state index is -0.362. The number of benzene rings is 1.